The van der Waals surface area contributed by atoms with Crippen molar-refractivity contribution in [2.24, 2.45) is 0 Å². The standard InChI is InChI=1S/C26H38O11Si/c1-15(27)33-20-21(34-16(2)28)23(35-17(3)29)25(37-22(20)24(30)31-7)36-19-12-10-18(11-13-19)14-32-38(8,9)26(4,5)6/h10-13,20-23,25H,14H2,1-9H3/t20-,21-,22-,23?,25?/m0/s1. The second kappa shape index (κ2) is 12.7. The molecule has 212 valence electrons. The molecule has 0 bridgehead atoms. The molecule has 1 aromatic carbocycles. The molecule has 0 radical (unpaired) electrons. The molecule has 0 saturated carbocycles. The highest BCUT2D eigenvalue weighted by atomic mass is 28.4. The van der Waals surface area contributed by atoms with E-state index in [9.17, 15) is 19.2 Å². The Morgan fingerprint density at radius 1 is 0.842 bits per heavy atom. The molecule has 0 aromatic heterocycles. The van der Waals surface area contributed by atoms with Crippen molar-refractivity contribution >= 4 is 32.2 Å². The van der Waals surface area contributed by atoms with Crippen LogP contribution in [0.1, 0.15) is 47.1 Å². The zero-order valence-corrected chi connectivity index (χ0v) is 24.4. The first-order chi connectivity index (χ1) is 17.6. The predicted octanol–water partition coefficient (Wildman–Crippen LogP) is 3.28. The van der Waals surface area contributed by atoms with Gasteiger partial charge in [0.2, 0.25) is 12.4 Å². The van der Waals surface area contributed by atoms with Crippen molar-refractivity contribution in [1.29, 1.82) is 0 Å². The zero-order chi connectivity index (χ0) is 28.8. The largest absolute Gasteiger partial charge is 0.467 e. The topological polar surface area (TPSA) is 133 Å². The second-order valence-electron chi connectivity index (χ2n) is 10.5. The van der Waals surface area contributed by atoms with Crippen molar-refractivity contribution in [2.75, 3.05) is 7.11 Å². The first-order valence-corrected chi connectivity index (χ1v) is 15.1. The van der Waals surface area contributed by atoms with Crippen LogP contribution in [-0.2, 0) is 53.9 Å². The lowest BCUT2D eigenvalue weighted by Gasteiger charge is -2.43. The summed E-state index contributed by atoms with van der Waals surface area (Å²) >= 11 is 0. The van der Waals surface area contributed by atoms with Crippen LogP contribution >= 0.6 is 0 Å². The lowest BCUT2D eigenvalue weighted by molar-refractivity contribution is -0.282. The Hall–Kier alpha value is -2.96. The van der Waals surface area contributed by atoms with Gasteiger partial charge in [-0.25, -0.2) is 4.79 Å². The molecule has 0 amide bonds. The summed E-state index contributed by atoms with van der Waals surface area (Å²) in [4.78, 5) is 48.2. The summed E-state index contributed by atoms with van der Waals surface area (Å²) in [7, 11) is -0.823. The highest BCUT2D eigenvalue weighted by Crippen LogP contribution is 2.37. The van der Waals surface area contributed by atoms with Crippen molar-refractivity contribution in [3.05, 3.63) is 29.8 Å². The van der Waals surface area contributed by atoms with Gasteiger partial charge in [-0.1, -0.05) is 32.9 Å². The molecule has 1 aliphatic rings. The first kappa shape index (κ1) is 31.3. The summed E-state index contributed by atoms with van der Waals surface area (Å²) in [5, 5.41) is 0.0682. The molecule has 12 heteroatoms. The van der Waals surface area contributed by atoms with Gasteiger partial charge in [0.15, 0.2) is 26.6 Å². The quantitative estimate of drug-likeness (QED) is 0.253. The van der Waals surface area contributed by atoms with Gasteiger partial charge in [-0.2, -0.15) is 0 Å². The third kappa shape index (κ3) is 8.27. The number of benzene rings is 1. The van der Waals surface area contributed by atoms with Crippen LogP contribution in [0.4, 0.5) is 0 Å². The molecule has 1 saturated heterocycles. The Bertz CT molecular complexity index is 999. The summed E-state index contributed by atoms with van der Waals surface area (Å²) < 4.78 is 38.7. The van der Waals surface area contributed by atoms with Crippen LogP contribution in [0.25, 0.3) is 0 Å². The van der Waals surface area contributed by atoms with Crippen LogP contribution in [0.2, 0.25) is 18.1 Å². The van der Waals surface area contributed by atoms with E-state index in [0.29, 0.717) is 12.4 Å². The molecule has 2 unspecified atom stereocenters. The average Bonchev–Trinajstić information content (AvgIpc) is 2.80. The molecule has 0 spiro atoms. The lowest BCUT2D eigenvalue weighted by atomic mass is 9.97. The zero-order valence-electron chi connectivity index (χ0n) is 23.4. The molecular formula is C26H38O11Si. The van der Waals surface area contributed by atoms with E-state index in [-0.39, 0.29) is 5.04 Å². The highest BCUT2D eigenvalue weighted by molar-refractivity contribution is 6.74. The second-order valence-corrected chi connectivity index (χ2v) is 15.3. The smallest absolute Gasteiger partial charge is 0.339 e. The van der Waals surface area contributed by atoms with Crippen LogP contribution in [0.3, 0.4) is 0 Å². The lowest BCUT2D eigenvalue weighted by Crippen LogP contribution is -2.64. The summed E-state index contributed by atoms with van der Waals surface area (Å²) in [5.74, 6) is -2.86. The number of rotatable bonds is 9. The number of esters is 4. The number of carbonyl (C=O) groups excluding carboxylic acids is 4. The van der Waals surface area contributed by atoms with Crippen molar-refractivity contribution < 1.29 is 52.0 Å². The van der Waals surface area contributed by atoms with Crippen molar-refractivity contribution in [2.45, 2.75) is 97.0 Å². The van der Waals surface area contributed by atoms with E-state index in [4.69, 9.17) is 32.8 Å². The van der Waals surface area contributed by atoms with Gasteiger partial charge >= 0.3 is 23.9 Å². The maximum atomic E-state index is 12.5. The van der Waals surface area contributed by atoms with Gasteiger partial charge < -0.3 is 32.8 Å². The highest BCUT2D eigenvalue weighted by Gasteiger charge is 2.55. The molecule has 5 atom stereocenters. The van der Waals surface area contributed by atoms with E-state index in [2.05, 4.69) is 33.9 Å². The molecule has 1 fully saturated rings. The molecule has 2 rings (SSSR count). The van der Waals surface area contributed by atoms with Crippen molar-refractivity contribution in [1.82, 2.24) is 0 Å². The SMILES string of the molecule is COC(=O)[C@H]1OC(Oc2ccc(CO[Si](C)(C)C(C)(C)C)cc2)C(OC(C)=O)[C@@H](OC(C)=O)[C@@H]1OC(C)=O. The number of carbonyl (C=O) groups is 4. The Labute approximate surface area is 224 Å². The van der Waals surface area contributed by atoms with E-state index in [1.54, 1.807) is 12.1 Å². The van der Waals surface area contributed by atoms with E-state index >= 15 is 0 Å². The van der Waals surface area contributed by atoms with Crippen LogP contribution in [0.5, 0.6) is 5.75 Å². The maximum absolute atomic E-state index is 12.5. The number of methoxy groups -OCH3 is 1. The van der Waals surface area contributed by atoms with Gasteiger partial charge in [-0.05, 0) is 35.8 Å². The third-order valence-electron chi connectivity index (χ3n) is 6.42. The fourth-order valence-corrected chi connectivity index (χ4v) is 4.41. The van der Waals surface area contributed by atoms with Crippen LogP contribution < -0.4 is 4.74 Å². The summed E-state index contributed by atoms with van der Waals surface area (Å²) in [5.41, 5.74) is 0.920. The normalized spacial score (nSPS) is 23.7. The van der Waals surface area contributed by atoms with E-state index in [1.807, 2.05) is 12.1 Å². The average molecular weight is 555 g/mol. The Morgan fingerprint density at radius 2 is 1.34 bits per heavy atom. The number of hydrogen-bond donors (Lipinski definition) is 0. The summed E-state index contributed by atoms with van der Waals surface area (Å²) in [6.45, 7) is 14.6. The van der Waals surface area contributed by atoms with E-state index in [1.165, 1.54) is 0 Å². The van der Waals surface area contributed by atoms with Crippen molar-refractivity contribution in [3.63, 3.8) is 0 Å². The van der Waals surface area contributed by atoms with E-state index < -0.39 is 62.9 Å². The summed E-state index contributed by atoms with van der Waals surface area (Å²) in [6.07, 6.45) is -7.18. The molecule has 38 heavy (non-hydrogen) atoms. The Balaban J connectivity index is 2.34. The van der Waals surface area contributed by atoms with Gasteiger partial charge in [-0.3, -0.25) is 14.4 Å². The third-order valence-corrected chi connectivity index (χ3v) is 10.9. The monoisotopic (exact) mass is 554 g/mol. The first-order valence-electron chi connectivity index (χ1n) is 12.2. The Morgan fingerprint density at radius 3 is 1.82 bits per heavy atom. The molecule has 0 N–H and O–H groups in total. The number of ether oxygens (including phenoxy) is 6. The minimum atomic E-state index is -1.94. The molecule has 0 aliphatic carbocycles. The molecule has 1 aromatic rings. The fourth-order valence-electron chi connectivity index (χ4n) is 3.45. The summed E-state index contributed by atoms with van der Waals surface area (Å²) in [6, 6.07) is 6.97. The minimum absolute atomic E-state index is 0.0682. The van der Waals surface area contributed by atoms with Crippen LogP contribution in [-0.4, -0.2) is 70.0 Å². The van der Waals surface area contributed by atoms with Gasteiger partial charge in [-0.15, -0.1) is 0 Å². The van der Waals surface area contributed by atoms with Gasteiger partial charge in [0.25, 0.3) is 0 Å². The Kier molecular flexibility index (Phi) is 10.5. The minimum Gasteiger partial charge on any atom is -0.467 e. The number of hydrogen-bond acceptors (Lipinski definition) is 11. The molecule has 11 nitrogen and oxygen atoms in total. The van der Waals surface area contributed by atoms with Gasteiger partial charge in [0, 0.05) is 20.8 Å². The van der Waals surface area contributed by atoms with Gasteiger partial charge in [0.1, 0.15) is 5.75 Å². The predicted molar refractivity (Wildman–Crippen MR) is 136 cm³/mol. The maximum Gasteiger partial charge on any atom is 0.339 e. The van der Waals surface area contributed by atoms with Crippen LogP contribution in [0, 0.1) is 0 Å². The molecular weight excluding hydrogens is 516 g/mol. The van der Waals surface area contributed by atoms with E-state index in [0.717, 1.165) is 33.4 Å². The van der Waals surface area contributed by atoms with Crippen LogP contribution in [0.15, 0.2) is 24.3 Å². The fraction of sp³-hybridized carbons (Fsp3) is 0.615. The molecule has 1 aliphatic heterocycles. The van der Waals surface area contributed by atoms with Crippen molar-refractivity contribution in [3.8, 4) is 5.75 Å². The molecule has 1 heterocycles. The van der Waals surface area contributed by atoms with Gasteiger partial charge in [0.05, 0.1) is 13.7 Å².